The largest absolute Gasteiger partial charge is 0.481 e. The standard InChI is InChI=1S/C36H42O9.C5H11NO2.C2H4O2/c1-20-25(44-27(38)16-15-21-11-7-5-8-12-21)18-36(42)32(45-33(41)22-13-9-6-10-14-22)29-23-19-43-24(23)17-26(37)35(29,4)31(40)30(39)28(20)34(36,2)3;1-5(2,3)8-4(6)7;1-2(3)4/h5-14,23-26,29-30,32,37,39,42H,15-19H2,1-4H3;1-3H3,(H2,6,7);1H3,(H,3,4)/t23?,24-,25+,26?,29?,30?,32+,35?,36?;;/m1../s1. The van der Waals surface area contributed by atoms with Crippen LogP contribution in [0.4, 0.5) is 4.79 Å². The van der Waals surface area contributed by atoms with Crippen molar-refractivity contribution >= 4 is 29.8 Å². The highest BCUT2D eigenvalue weighted by Crippen LogP contribution is 2.62. The summed E-state index contributed by atoms with van der Waals surface area (Å²) >= 11 is 0. The average molecular weight is 796 g/mol. The van der Waals surface area contributed by atoms with Crippen LogP contribution < -0.4 is 5.73 Å². The second-order valence-corrected chi connectivity index (χ2v) is 16.9. The van der Waals surface area contributed by atoms with Crippen molar-refractivity contribution in [2.45, 2.75) is 123 Å². The minimum absolute atomic E-state index is 0.0901. The number of aliphatic hydroxyl groups is 3. The summed E-state index contributed by atoms with van der Waals surface area (Å²) in [5, 5.41) is 43.8. The number of hydrogen-bond donors (Lipinski definition) is 5. The molecule has 2 aromatic carbocycles. The molecule has 1 amide bonds. The number of benzene rings is 2. The van der Waals surface area contributed by atoms with Gasteiger partial charge in [-0.3, -0.25) is 14.4 Å². The number of aryl methyl sites for hydroxylation is 1. The maximum absolute atomic E-state index is 14.5. The minimum Gasteiger partial charge on any atom is -0.481 e. The molecule has 0 radical (unpaired) electrons. The molecule has 14 heteroatoms. The molecule has 6 N–H and O–H groups in total. The first kappa shape index (κ1) is 45.1. The lowest BCUT2D eigenvalue weighted by Gasteiger charge is -2.64. The molecular weight excluding hydrogens is 738 g/mol. The van der Waals surface area contributed by atoms with Crippen molar-refractivity contribution in [1.29, 1.82) is 0 Å². The fourth-order valence-electron chi connectivity index (χ4n) is 8.73. The lowest BCUT2D eigenvalue weighted by atomic mass is 9.46. The molecule has 6 rings (SSSR count). The van der Waals surface area contributed by atoms with Crippen LogP contribution in [0, 0.1) is 22.7 Å². The Balaban J connectivity index is 0.000000524. The number of rotatable bonds is 6. The van der Waals surface area contributed by atoms with E-state index < -0.39 is 88.3 Å². The average Bonchev–Trinajstić information content (AvgIpc) is 3.11. The van der Waals surface area contributed by atoms with Crippen LogP contribution in [0.5, 0.6) is 0 Å². The Morgan fingerprint density at radius 1 is 0.947 bits per heavy atom. The van der Waals surface area contributed by atoms with Gasteiger partial charge in [-0.25, -0.2) is 9.59 Å². The second kappa shape index (κ2) is 17.5. The summed E-state index contributed by atoms with van der Waals surface area (Å²) in [6.07, 6.45) is -5.77. The van der Waals surface area contributed by atoms with E-state index in [1.54, 1.807) is 78.8 Å². The van der Waals surface area contributed by atoms with E-state index in [1.807, 2.05) is 30.3 Å². The minimum atomic E-state index is -1.92. The van der Waals surface area contributed by atoms with Crippen LogP contribution in [-0.4, -0.2) is 98.5 Å². The van der Waals surface area contributed by atoms with Crippen LogP contribution in [-0.2, 0) is 39.8 Å². The summed E-state index contributed by atoms with van der Waals surface area (Å²) in [7, 11) is 0. The van der Waals surface area contributed by atoms with Crippen LogP contribution in [0.25, 0.3) is 0 Å². The van der Waals surface area contributed by atoms with Crippen LogP contribution in [0.3, 0.4) is 0 Å². The highest BCUT2D eigenvalue weighted by Gasteiger charge is 2.72. The van der Waals surface area contributed by atoms with Crippen molar-refractivity contribution in [2.75, 3.05) is 6.61 Å². The number of aliphatic hydroxyl groups excluding tert-OH is 2. The fraction of sp³-hybridized carbons (Fsp3) is 0.558. The first-order chi connectivity index (χ1) is 26.4. The smallest absolute Gasteiger partial charge is 0.405 e. The van der Waals surface area contributed by atoms with Crippen LogP contribution in [0.15, 0.2) is 71.8 Å². The van der Waals surface area contributed by atoms with E-state index in [9.17, 15) is 34.5 Å². The molecule has 2 bridgehead atoms. The number of amides is 1. The van der Waals surface area contributed by atoms with Gasteiger partial charge >= 0.3 is 18.0 Å². The molecule has 6 unspecified atom stereocenters. The Morgan fingerprint density at radius 3 is 2.00 bits per heavy atom. The molecule has 2 saturated carbocycles. The quantitative estimate of drug-likeness (QED) is 0.154. The van der Waals surface area contributed by atoms with Crippen molar-refractivity contribution in [1.82, 2.24) is 0 Å². The molecule has 1 heterocycles. The van der Waals surface area contributed by atoms with Crippen LogP contribution in [0.2, 0.25) is 0 Å². The number of carbonyl (C=O) groups is 5. The van der Waals surface area contributed by atoms with Gasteiger partial charge in [-0.15, -0.1) is 0 Å². The number of ether oxygens (including phenoxy) is 4. The van der Waals surface area contributed by atoms with Gasteiger partial charge in [0.1, 0.15) is 29.5 Å². The zero-order chi connectivity index (χ0) is 42.7. The molecule has 9 atom stereocenters. The molecule has 312 valence electrons. The van der Waals surface area contributed by atoms with E-state index in [-0.39, 0.29) is 42.9 Å². The third kappa shape index (κ3) is 9.57. The van der Waals surface area contributed by atoms with Gasteiger partial charge in [-0.05, 0) is 69.9 Å². The molecule has 2 aromatic rings. The predicted octanol–water partition coefficient (Wildman–Crippen LogP) is 4.55. The Hall–Kier alpha value is -4.63. The van der Waals surface area contributed by atoms with Gasteiger partial charge in [0.25, 0.3) is 5.97 Å². The number of ketones is 1. The lowest BCUT2D eigenvalue weighted by Crippen LogP contribution is -2.75. The maximum Gasteiger partial charge on any atom is 0.405 e. The first-order valence-corrected chi connectivity index (χ1v) is 19.1. The Kier molecular flexibility index (Phi) is 13.8. The van der Waals surface area contributed by atoms with Crippen LogP contribution in [0.1, 0.15) is 90.6 Å². The lowest BCUT2D eigenvalue weighted by molar-refractivity contribution is -0.277. The number of primary amides is 1. The molecule has 3 fully saturated rings. The topological polar surface area (TPSA) is 229 Å². The van der Waals surface area contributed by atoms with E-state index in [0.717, 1.165) is 12.5 Å². The Bertz CT molecular complexity index is 1820. The molecular formula is C43H57NO13. The Morgan fingerprint density at radius 2 is 1.51 bits per heavy atom. The fourth-order valence-corrected chi connectivity index (χ4v) is 8.73. The number of carboxylic acids is 1. The van der Waals surface area contributed by atoms with Gasteiger partial charge in [-0.1, -0.05) is 62.4 Å². The monoisotopic (exact) mass is 795 g/mol. The number of carbonyl (C=O) groups excluding carboxylic acids is 4. The molecule has 0 spiro atoms. The molecule has 1 aliphatic heterocycles. The molecule has 3 aliphatic carbocycles. The van der Waals surface area contributed by atoms with Gasteiger partial charge in [0, 0.05) is 43.4 Å². The molecule has 4 aliphatic rings. The number of nitrogens with two attached hydrogens (primary N) is 1. The van der Waals surface area contributed by atoms with E-state index in [1.165, 1.54) is 0 Å². The zero-order valence-corrected chi connectivity index (χ0v) is 33.9. The summed E-state index contributed by atoms with van der Waals surface area (Å²) in [5.41, 5.74) is 1.39. The molecule has 0 aromatic heterocycles. The normalized spacial score (nSPS) is 31.1. The number of Topliss-reactive ketones (excluding diaryl/α,β-unsaturated/α-hetero) is 1. The number of aliphatic carboxylic acids is 1. The van der Waals surface area contributed by atoms with Crippen LogP contribution >= 0.6 is 0 Å². The van der Waals surface area contributed by atoms with Gasteiger partial charge in [-0.2, -0.15) is 0 Å². The summed E-state index contributed by atoms with van der Waals surface area (Å²) < 4.78 is 22.6. The molecule has 14 nitrogen and oxygen atoms in total. The summed E-state index contributed by atoms with van der Waals surface area (Å²) in [6.45, 7) is 13.3. The molecule has 57 heavy (non-hydrogen) atoms. The highest BCUT2D eigenvalue weighted by molar-refractivity contribution is 5.93. The summed E-state index contributed by atoms with van der Waals surface area (Å²) in [5.74, 6) is -3.86. The van der Waals surface area contributed by atoms with E-state index in [2.05, 4.69) is 4.74 Å². The van der Waals surface area contributed by atoms with Crippen molar-refractivity contribution in [3.05, 3.63) is 82.9 Å². The summed E-state index contributed by atoms with van der Waals surface area (Å²) in [4.78, 5) is 60.4. The SMILES string of the molecule is CC(=O)O.CC(C)(C)OC(N)=O.CC1=C2C(O)C(=O)C3(C)C(O)C[C@H]4OCC4C3[C@H](OC(=O)c3ccccc3)C(O)(C[C@@H]1OC(=O)CCc1ccccc1)C2(C)C. The summed E-state index contributed by atoms with van der Waals surface area (Å²) in [6, 6.07) is 17.9. The first-order valence-electron chi connectivity index (χ1n) is 19.1. The van der Waals surface area contributed by atoms with Gasteiger partial charge in [0.2, 0.25) is 0 Å². The van der Waals surface area contributed by atoms with Crippen molar-refractivity contribution in [2.24, 2.45) is 28.4 Å². The third-order valence-corrected chi connectivity index (χ3v) is 11.7. The van der Waals surface area contributed by atoms with E-state index >= 15 is 0 Å². The van der Waals surface area contributed by atoms with Gasteiger partial charge in [0.05, 0.1) is 29.8 Å². The van der Waals surface area contributed by atoms with E-state index in [0.29, 0.717) is 12.0 Å². The Labute approximate surface area is 333 Å². The highest BCUT2D eigenvalue weighted by atomic mass is 16.6. The van der Waals surface area contributed by atoms with Gasteiger partial charge < -0.3 is 45.1 Å². The third-order valence-electron chi connectivity index (χ3n) is 11.7. The van der Waals surface area contributed by atoms with Crippen molar-refractivity contribution < 1.29 is 63.3 Å². The zero-order valence-electron chi connectivity index (χ0n) is 33.9. The van der Waals surface area contributed by atoms with Gasteiger partial charge in [0.15, 0.2) is 5.78 Å². The number of carboxylic acid groups (broad SMARTS) is 1. The number of hydrogen-bond acceptors (Lipinski definition) is 12. The number of esters is 2. The number of fused-ring (bicyclic) bond motifs is 5. The maximum atomic E-state index is 14.5. The van der Waals surface area contributed by atoms with Crippen molar-refractivity contribution in [3.8, 4) is 0 Å². The predicted molar refractivity (Wildman–Crippen MR) is 207 cm³/mol. The van der Waals surface area contributed by atoms with E-state index in [4.69, 9.17) is 29.8 Å². The second-order valence-electron chi connectivity index (χ2n) is 16.9. The van der Waals surface area contributed by atoms with Crippen molar-refractivity contribution in [3.63, 3.8) is 0 Å². The molecule has 1 saturated heterocycles.